The molecule has 246 valence electrons. The number of aliphatic hydroxyl groups excluding tert-OH is 1. The maximum atomic E-state index is 14.6. The van der Waals surface area contributed by atoms with Crippen LogP contribution in [0.2, 0.25) is 0 Å². The Kier molecular flexibility index (Phi) is 10.4. The number of hydrogen-bond donors (Lipinski definition) is 3. The van der Waals surface area contributed by atoms with Gasteiger partial charge in [-0.25, -0.2) is 10.4 Å². The van der Waals surface area contributed by atoms with Gasteiger partial charge in [0.2, 0.25) is 12.7 Å². The van der Waals surface area contributed by atoms with Gasteiger partial charge in [0, 0.05) is 40.9 Å². The first-order valence-corrected chi connectivity index (χ1v) is 16.1. The number of nitrogens with one attached hydrogen (secondary N) is 2. The first-order chi connectivity index (χ1) is 23.5. The minimum absolute atomic E-state index is 0.0410. The zero-order valence-electron chi connectivity index (χ0n) is 25.8. The summed E-state index contributed by atoms with van der Waals surface area (Å²) >= 11 is 3.50. The van der Waals surface area contributed by atoms with Crippen LogP contribution in [-0.4, -0.2) is 42.5 Å². The summed E-state index contributed by atoms with van der Waals surface area (Å²) in [5.41, 5.74) is 17.4. The molecule has 0 bridgehead atoms. The van der Waals surface area contributed by atoms with Gasteiger partial charge >= 0.3 is 0 Å². The number of halogens is 1. The van der Waals surface area contributed by atoms with Gasteiger partial charge in [-0.15, -0.1) is 0 Å². The molecule has 0 aromatic heterocycles. The Morgan fingerprint density at radius 3 is 2.60 bits per heavy atom. The summed E-state index contributed by atoms with van der Waals surface area (Å²) in [4.78, 5) is 22.6. The number of carbonyl (C=O) groups excluding carboxylic acids is 1. The number of amides is 1. The fraction of sp³-hybridized carbons (Fsp3) is 0.257. The van der Waals surface area contributed by atoms with E-state index in [-0.39, 0.29) is 32.3 Å². The van der Waals surface area contributed by atoms with E-state index < -0.39 is 17.6 Å². The predicted molar refractivity (Wildman–Crippen MR) is 181 cm³/mol. The van der Waals surface area contributed by atoms with Gasteiger partial charge in [0.05, 0.1) is 13.2 Å². The maximum Gasteiger partial charge on any atom is 0.266 e. The highest BCUT2D eigenvalue weighted by Crippen LogP contribution is 2.44. The monoisotopic (exact) mass is 712 g/mol. The molecule has 4 aromatic rings. The van der Waals surface area contributed by atoms with Gasteiger partial charge < -0.3 is 24.1 Å². The topological polar surface area (TPSA) is 159 Å². The van der Waals surface area contributed by atoms with Crippen LogP contribution in [0.1, 0.15) is 40.3 Å². The molecule has 48 heavy (non-hydrogen) atoms. The largest absolute Gasteiger partial charge is 0.494 e. The van der Waals surface area contributed by atoms with E-state index in [2.05, 4.69) is 36.8 Å². The van der Waals surface area contributed by atoms with Crippen LogP contribution in [0.25, 0.3) is 10.4 Å². The van der Waals surface area contributed by atoms with Gasteiger partial charge in [-0.1, -0.05) is 63.5 Å². The zero-order chi connectivity index (χ0) is 33.3. The Labute approximate surface area is 285 Å². The molecule has 2 atom stereocenters. The van der Waals surface area contributed by atoms with Crippen LogP contribution in [0.5, 0.6) is 17.2 Å². The number of rotatable bonds is 14. The minimum Gasteiger partial charge on any atom is -0.494 e. The zero-order valence-corrected chi connectivity index (χ0v) is 27.4. The highest BCUT2D eigenvalue weighted by Gasteiger charge is 2.54. The highest BCUT2D eigenvalue weighted by atomic mass is 79.9. The second kappa shape index (κ2) is 15.2. The van der Waals surface area contributed by atoms with Crippen LogP contribution in [-0.2, 0) is 29.0 Å². The SMILES string of the molecule is [N-]=[N+]=NCc1ccccc1[C@@H]1OC(c2ccc(OCCCO)cc2)=N[C@]1(Cc1ccc(Br)cc1)C(=O)NNCc1ccc2c(c1)OCO2. The predicted octanol–water partition coefficient (Wildman–Crippen LogP) is 6.07. The van der Waals surface area contributed by atoms with Gasteiger partial charge in [0.1, 0.15) is 5.75 Å². The van der Waals surface area contributed by atoms with E-state index in [0.717, 1.165) is 15.6 Å². The van der Waals surface area contributed by atoms with E-state index in [1.807, 2.05) is 78.9 Å². The summed E-state index contributed by atoms with van der Waals surface area (Å²) in [6.45, 7) is 0.973. The van der Waals surface area contributed by atoms with E-state index in [1.54, 1.807) is 12.1 Å². The molecule has 4 aromatic carbocycles. The van der Waals surface area contributed by atoms with Crippen molar-refractivity contribution < 1.29 is 28.8 Å². The number of hydrogen-bond acceptors (Lipinski definition) is 9. The standard InChI is InChI=1S/C35H33BrN6O6/c36-27-11-6-23(7-12-27)19-35(34(44)41-38-20-24-8-15-30-31(18-24)47-22-46-30)32(29-5-2-1-4-26(29)21-39-42-37)48-33(40-35)25-9-13-28(14-10-25)45-17-3-16-43/h1-2,4-15,18,32,38,43H,3,16-17,19-22H2,(H,41,44)/t32-,35-/m0/s1. The van der Waals surface area contributed by atoms with E-state index in [4.69, 9.17) is 34.6 Å². The van der Waals surface area contributed by atoms with Crippen molar-refractivity contribution in [1.29, 1.82) is 0 Å². The summed E-state index contributed by atoms with van der Waals surface area (Å²) < 4.78 is 24.2. The van der Waals surface area contributed by atoms with Crippen molar-refractivity contribution >= 4 is 27.7 Å². The number of benzene rings is 4. The molecule has 2 aliphatic rings. The van der Waals surface area contributed by atoms with E-state index >= 15 is 0 Å². The van der Waals surface area contributed by atoms with Gasteiger partial charge in [-0.2, -0.15) is 0 Å². The molecule has 0 saturated heterocycles. The molecule has 0 aliphatic carbocycles. The summed E-state index contributed by atoms with van der Waals surface area (Å²) in [7, 11) is 0. The lowest BCUT2D eigenvalue weighted by Gasteiger charge is -2.32. The molecule has 3 N–H and O–H groups in total. The van der Waals surface area contributed by atoms with Gasteiger partial charge in [-0.05, 0) is 76.3 Å². The number of carbonyl (C=O) groups is 1. The summed E-state index contributed by atoms with van der Waals surface area (Å²) in [6, 6.07) is 28.0. The Bertz CT molecular complexity index is 1830. The second-order valence-corrected chi connectivity index (χ2v) is 12.1. The fourth-order valence-corrected chi connectivity index (χ4v) is 5.86. The van der Waals surface area contributed by atoms with Gasteiger partial charge in [0.25, 0.3) is 5.91 Å². The third kappa shape index (κ3) is 7.40. The molecular formula is C35H33BrN6O6. The number of hydrazine groups is 1. The van der Waals surface area contributed by atoms with Crippen molar-refractivity contribution in [3.8, 4) is 17.2 Å². The Morgan fingerprint density at radius 2 is 1.81 bits per heavy atom. The third-order valence-electron chi connectivity index (χ3n) is 7.99. The van der Waals surface area contributed by atoms with Crippen LogP contribution in [0, 0.1) is 0 Å². The van der Waals surface area contributed by atoms with E-state index in [1.165, 1.54) is 0 Å². The normalized spacial score (nSPS) is 17.6. The summed E-state index contributed by atoms with van der Waals surface area (Å²) in [5, 5.41) is 12.9. The van der Waals surface area contributed by atoms with E-state index in [9.17, 15) is 4.79 Å². The Hall–Kier alpha value is -5.07. The molecule has 6 rings (SSSR count). The first kappa shape index (κ1) is 32.9. The van der Waals surface area contributed by atoms with Crippen molar-refractivity contribution in [2.24, 2.45) is 10.1 Å². The molecule has 0 unspecified atom stereocenters. The first-order valence-electron chi connectivity index (χ1n) is 15.3. The average molecular weight is 714 g/mol. The molecule has 0 fully saturated rings. The number of ether oxygens (including phenoxy) is 4. The summed E-state index contributed by atoms with van der Waals surface area (Å²) in [5.74, 6) is 1.83. The van der Waals surface area contributed by atoms with Crippen molar-refractivity contribution in [3.05, 3.63) is 134 Å². The number of aliphatic hydroxyl groups is 1. The number of aliphatic imine (C=N–C) groups is 1. The lowest BCUT2D eigenvalue weighted by Crippen LogP contribution is -2.53. The van der Waals surface area contributed by atoms with Crippen LogP contribution < -0.4 is 25.1 Å². The molecular weight excluding hydrogens is 680 g/mol. The van der Waals surface area contributed by atoms with Crippen LogP contribution >= 0.6 is 15.9 Å². The molecule has 13 heteroatoms. The molecule has 0 saturated carbocycles. The minimum atomic E-state index is -1.48. The van der Waals surface area contributed by atoms with Crippen LogP contribution in [0.3, 0.4) is 0 Å². The van der Waals surface area contributed by atoms with Crippen molar-refractivity contribution in [3.63, 3.8) is 0 Å². The van der Waals surface area contributed by atoms with Crippen LogP contribution in [0.4, 0.5) is 0 Å². The fourth-order valence-electron chi connectivity index (χ4n) is 5.60. The Morgan fingerprint density at radius 1 is 1.04 bits per heavy atom. The van der Waals surface area contributed by atoms with Gasteiger partial charge in [0.15, 0.2) is 23.1 Å². The summed E-state index contributed by atoms with van der Waals surface area (Å²) in [6.07, 6.45) is -0.163. The molecule has 0 spiro atoms. The van der Waals surface area contributed by atoms with Crippen molar-refractivity contribution in [2.45, 2.75) is 37.6 Å². The number of fused-ring (bicyclic) bond motifs is 1. The van der Waals surface area contributed by atoms with E-state index in [0.29, 0.717) is 53.5 Å². The maximum absolute atomic E-state index is 14.6. The third-order valence-corrected chi connectivity index (χ3v) is 8.52. The Balaban J connectivity index is 1.37. The van der Waals surface area contributed by atoms with Gasteiger partial charge in [-0.3, -0.25) is 10.2 Å². The quantitative estimate of drug-likeness (QED) is 0.0470. The molecule has 1 amide bonds. The number of nitrogens with zero attached hydrogens (tertiary/aromatic N) is 4. The average Bonchev–Trinajstić information content (AvgIpc) is 3.74. The van der Waals surface area contributed by atoms with Crippen LogP contribution in [0.15, 0.2) is 106 Å². The molecule has 2 heterocycles. The highest BCUT2D eigenvalue weighted by molar-refractivity contribution is 9.10. The van der Waals surface area contributed by atoms with Crippen molar-refractivity contribution in [2.75, 3.05) is 20.0 Å². The molecule has 0 radical (unpaired) electrons. The lowest BCUT2D eigenvalue weighted by molar-refractivity contribution is -0.130. The molecule has 12 nitrogen and oxygen atoms in total. The smallest absolute Gasteiger partial charge is 0.266 e. The second-order valence-electron chi connectivity index (χ2n) is 11.2. The van der Waals surface area contributed by atoms with Crippen molar-refractivity contribution in [1.82, 2.24) is 10.9 Å². The molecule has 2 aliphatic heterocycles. The lowest BCUT2D eigenvalue weighted by atomic mass is 9.81. The number of azide groups is 1.